The summed E-state index contributed by atoms with van der Waals surface area (Å²) in [6.07, 6.45) is 0. The van der Waals surface area contributed by atoms with Gasteiger partial charge in [-0.2, -0.15) is 0 Å². The number of para-hydroxylation sites is 1. The van der Waals surface area contributed by atoms with Gasteiger partial charge in [0, 0.05) is 0 Å². The van der Waals surface area contributed by atoms with Crippen LogP contribution < -0.4 is 4.74 Å². The van der Waals surface area contributed by atoms with E-state index in [-0.39, 0.29) is 17.2 Å². The van der Waals surface area contributed by atoms with Crippen molar-refractivity contribution in [2.45, 2.75) is 0 Å². The van der Waals surface area contributed by atoms with Crippen molar-refractivity contribution in [3.63, 3.8) is 0 Å². The SMILES string of the molecule is COc1c(C#CCCl)cccc1C(=O)O. The highest BCUT2D eigenvalue weighted by Crippen LogP contribution is 2.22. The van der Waals surface area contributed by atoms with Crippen LogP contribution >= 0.6 is 11.6 Å². The maximum atomic E-state index is 10.9. The van der Waals surface area contributed by atoms with Gasteiger partial charge in [0.1, 0.15) is 11.3 Å². The fourth-order valence-electron chi connectivity index (χ4n) is 1.15. The summed E-state index contributed by atoms with van der Waals surface area (Å²) in [5, 5.41) is 8.89. The molecule has 1 rings (SSSR count). The molecule has 0 aromatic heterocycles. The second kappa shape index (κ2) is 5.28. The topological polar surface area (TPSA) is 46.5 Å². The van der Waals surface area contributed by atoms with Crippen LogP contribution in [0.4, 0.5) is 0 Å². The molecule has 0 saturated carbocycles. The van der Waals surface area contributed by atoms with Crippen molar-refractivity contribution in [2.24, 2.45) is 0 Å². The van der Waals surface area contributed by atoms with Crippen molar-refractivity contribution in [3.05, 3.63) is 29.3 Å². The smallest absolute Gasteiger partial charge is 0.339 e. The van der Waals surface area contributed by atoms with E-state index < -0.39 is 5.97 Å². The summed E-state index contributed by atoms with van der Waals surface area (Å²) in [4.78, 5) is 10.9. The van der Waals surface area contributed by atoms with Gasteiger partial charge in [-0.1, -0.05) is 17.9 Å². The predicted octanol–water partition coefficient (Wildman–Crippen LogP) is 1.98. The molecule has 1 N–H and O–H groups in total. The average molecular weight is 225 g/mol. The van der Waals surface area contributed by atoms with Gasteiger partial charge in [-0.3, -0.25) is 0 Å². The van der Waals surface area contributed by atoms with E-state index in [1.807, 2.05) is 0 Å². The van der Waals surface area contributed by atoms with E-state index >= 15 is 0 Å². The number of hydrogen-bond acceptors (Lipinski definition) is 2. The second-order valence-electron chi connectivity index (χ2n) is 2.63. The maximum absolute atomic E-state index is 10.9. The Bertz CT molecular complexity index is 429. The van der Waals surface area contributed by atoms with Crippen LogP contribution in [0, 0.1) is 11.8 Å². The summed E-state index contributed by atoms with van der Waals surface area (Å²) < 4.78 is 5.01. The fourth-order valence-corrected chi connectivity index (χ4v) is 1.22. The molecule has 0 atom stereocenters. The molecule has 1 aromatic carbocycles. The van der Waals surface area contributed by atoms with E-state index in [2.05, 4.69) is 11.8 Å². The highest BCUT2D eigenvalue weighted by atomic mass is 35.5. The molecule has 3 nitrogen and oxygen atoms in total. The summed E-state index contributed by atoms with van der Waals surface area (Å²) in [6.45, 7) is 0. The molecule has 0 fully saturated rings. The average Bonchev–Trinajstić information content (AvgIpc) is 2.25. The van der Waals surface area contributed by atoms with E-state index in [0.29, 0.717) is 5.56 Å². The van der Waals surface area contributed by atoms with Crippen LogP contribution in [0.2, 0.25) is 0 Å². The lowest BCUT2D eigenvalue weighted by Gasteiger charge is -2.06. The molecule has 0 amide bonds. The second-order valence-corrected chi connectivity index (χ2v) is 2.89. The molecule has 1 aromatic rings. The molecule has 0 bridgehead atoms. The first kappa shape index (κ1) is 11.4. The lowest BCUT2D eigenvalue weighted by Crippen LogP contribution is -2.01. The standard InChI is InChI=1S/C11H9ClO3/c1-15-10-8(5-3-7-12)4-2-6-9(10)11(13)14/h2,4,6H,7H2,1H3,(H,13,14). The third-order valence-corrected chi connectivity index (χ3v) is 1.87. The maximum Gasteiger partial charge on any atom is 0.339 e. The van der Waals surface area contributed by atoms with Crippen molar-refractivity contribution in [1.82, 2.24) is 0 Å². The molecule has 0 saturated heterocycles. The minimum absolute atomic E-state index is 0.0962. The molecule has 0 aliphatic rings. The van der Waals surface area contributed by atoms with Gasteiger partial charge in [-0.15, -0.1) is 11.6 Å². The third kappa shape index (κ3) is 2.64. The highest BCUT2D eigenvalue weighted by molar-refractivity contribution is 6.19. The number of carboxylic acid groups (broad SMARTS) is 1. The van der Waals surface area contributed by atoms with Gasteiger partial charge < -0.3 is 9.84 Å². The number of carbonyl (C=O) groups is 1. The van der Waals surface area contributed by atoms with Crippen LogP contribution in [0.5, 0.6) is 5.75 Å². The van der Waals surface area contributed by atoms with Crippen molar-refractivity contribution in [3.8, 4) is 17.6 Å². The normalized spacial score (nSPS) is 8.93. The summed E-state index contributed by atoms with van der Waals surface area (Å²) in [7, 11) is 1.41. The minimum atomic E-state index is -1.04. The van der Waals surface area contributed by atoms with Crippen molar-refractivity contribution >= 4 is 17.6 Å². The zero-order valence-electron chi connectivity index (χ0n) is 8.08. The zero-order valence-corrected chi connectivity index (χ0v) is 8.84. The molecular weight excluding hydrogens is 216 g/mol. The van der Waals surface area contributed by atoms with Crippen LogP contribution in [0.1, 0.15) is 15.9 Å². The minimum Gasteiger partial charge on any atom is -0.495 e. The first-order valence-electron chi connectivity index (χ1n) is 4.15. The molecular formula is C11H9ClO3. The quantitative estimate of drug-likeness (QED) is 0.617. The van der Waals surface area contributed by atoms with Gasteiger partial charge in [0.15, 0.2) is 0 Å². The number of hydrogen-bond donors (Lipinski definition) is 1. The Morgan fingerprint density at radius 3 is 2.87 bits per heavy atom. The molecule has 0 unspecified atom stereocenters. The predicted molar refractivity (Wildman–Crippen MR) is 57.6 cm³/mol. The van der Waals surface area contributed by atoms with Crippen LogP contribution in [0.15, 0.2) is 18.2 Å². The van der Waals surface area contributed by atoms with E-state index in [9.17, 15) is 4.79 Å². The third-order valence-electron chi connectivity index (χ3n) is 1.74. The molecule has 4 heteroatoms. The van der Waals surface area contributed by atoms with Gasteiger partial charge in [-0.25, -0.2) is 4.79 Å². The lowest BCUT2D eigenvalue weighted by atomic mass is 10.1. The first-order valence-corrected chi connectivity index (χ1v) is 4.69. The monoisotopic (exact) mass is 224 g/mol. The molecule has 0 radical (unpaired) electrons. The highest BCUT2D eigenvalue weighted by Gasteiger charge is 2.12. The first-order chi connectivity index (χ1) is 7.20. The van der Waals surface area contributed by atoms with Crippen molar-refractivity contribution in [2.75, 3.05) is 13.0 Å². The zero-order chi connectivity index (χ0) is 11.3. The van der Waals surface area contributed by atoms with E-state index in [1.54, 1.807) is 12.1 Å². The Balaban J connectivity index is 3.28. The Kier molecular flexibility index (Phi) is 4.02. The van der Waals surface area contributed by atoms with Crippen molar-refractivity contribution in [1.29, 1.82) is 0 Å². The molecule has 78 valence electrons. The van der Waals surface area contributed by atoms with Gasteiger partial charge in [0.25, 0.3) is 0 Å². The Morgan fingerprint density at radius 1 is 1.60 bits per heavy atom. The Morgan fingerprint density at radius 2 is 2.33 bits per heavy atom. The van der Waals surface area contributed by atoms with Crippen LogP contribution in [0.3, 0.4) is 0 Å². The van der Waals surface area contributed by atoms with Gasteiger partial charge in [-0.05, 0) is 12.1 Å². The molecule has 0 heterocycles. The fraction of sp³-hybridized carbons (Fsp3) is 0.182. The number of benzene rings is 1. The lowest BCUT2D eigenvalue weighted by molar-refractivity contribution is 0.0693. The van der Waals surface area contributed by atoms with Gasteiger partial charge in [0.2, 0.25) is 0 Å². The number of methoxy groups -OCH3 is 1. The number of alkyl halides is 1. The number of halogens is 1. The molecule has 15 heavy (non-hydrogen) atoms. The van der Waals surface area contributed by atoms with Crippen LogP contribution in [-0.4, -0.2) is 24.1 Å². The molecule has 0 spiro atoms. The van der Waals surface area contributed by atoms with Crippen LogP contribution in [0.25, 0.3) is 0 Å². The number of ether oxygens (including phenoxy) is 1. The van der Waals surface area contributed by atoms with Gasteiger partial charge in [0.05, 0.1) is 18.6 Å². The van der Waals surface area contributed by atoms with Crippen LogP contribution in [-0.2, 0) is 0 Å². The van der Waals surface area contributed by atoms with Gasteiger partial charge >= 0.3 is 5.97 Å². The van der Waals surface area contributed by atoms with E-state index in [0.717, 1.165) is 0 Å². The largest absolute Gasteiger partial charge is 0.495 e. The number of aromatic carboxylic acids is 1. The van der Waals surface area contributed by atoms with E-state index in [4.69, 9.17) is 21.4 Å². The number of carboxylic acids is 1. The summed E-state index contributed by atoms with van der Waals surface area (Å²) >= 11 is 5.42. The summed E-state index contributed by atoms with van der Waals surface area (Å²) in [6, 6.07) is 4.77. The summed E-state index contributed by atoms with van der Waals surface area (Å²) in [5.74, 6) is 4.81. The molecule has 0 aliphatic heterocycles. The molecule has 0 aliphatic carbocycles. The van der Waals surface area contributed by atoms with Crippen molar-refractivity contribution < 1.29 is 14.6 Å². The van der Waals surface area contributed by atoms with E-state index in [1.165, 1.54) is 13.2 Å². The Labute approximate surface area is 92.6 Å². The Hall–Kier alpha value is -1.66. The number of rotatable bonds is 2. The summed E-state index contributed by atoms with van der Waals surface area (Å²) in [5.41, 5.74) is 0.622.